The maximum atomic E-state index is 11.4. The summed E-state index contributed by atoms with van der Waals surface area (Å²) >= 11 is 0. The van der Waals surface area contributed by atoms with Gasteiger partial charge in [0.25, 0.3) is 0 Å². The van der Waals surface area contributed by atoms with E-state index in [1.807, 2.05) is 0 Å². The van der Waals surface area contributed by atoms with E-state index in [1.54, 1.807) is 17.9 Å². The van der Waals surface area contributed by atoms with Crippen LogP contribution in [0.4, 0.5) is 0 Å². The van der Waals surface area contributed by atoms with Gasteiger partial charge in [0.05, 0.1) is 18.2 Å². The van der Waals surface area contributed by atoms with Gasteiger partial charge in [0.15, 0.2) is 5.65 Å². The smallest absolute Gasteiger partial charge is 0.341 e. The van der Waals surface area contributed by atoms with E-state index in [9.17, 15) is 9.90 Å². The molecule has 3 rings (SSSR count). The van der Waals surface area contributed by atoms with Crippen molar-refractivity contribution in [3.8, 4) is 5.75 Å². The quantitative estimate of drug-likeness (QED) is 0.936. The molecule has 1 aliphatic carbocycles. The van der Waals surface area contributed by atoms with Gasteiger partial charge < -0.3 is 9.84 Å². The second-order valence-corrected chi connectivity index (χ2v) is 5.63. The molecule has 1 aliphatic rings. The molecule has 0 amide bonds. The third-order valence-electron chi connectivity index (χ3n) is 4.13. The maximum Gasteiger partial charge on any atom is 0.341 e. The van der Waals surface area contributed by atoms with E-state index in [0.29, 0.717) is 29.3 Å². The predicted molar refractivity (Wildman–Crippen MR) is 77.5 cm³/mol. The summed E-state index contributed by atoms with van der Waals surface area (Å²) in [5.41, 5.74) is 0.741. The molecule has 1 saturated carbocycles. The number of nitrogens with zero attached hydrogens (tertiary/aromatic N) is 3. The lowest BCUT2D eigenvalue weighted by molar-refractivity contribution is 0.0690. The molecule has 0 spiro atoms. The van der Waals surface area contributed by atoms with Gasteiger partial charge in [-0.3, -0.25) is 4.68 Å². The SMILES string of the molecule is Cn1ncc2c(OCC3CCCCC3)c(C(=O)O)cnc21. The number of pyridine rings is 1. The molecule has 0 bridgehead atoms. The standard InChI is InChI=1S/C15H19N3O3/c1-18-14-11(8-17-18)13(12(7-16-14)15(19)20)21-9-10-5-3-2-4-6-10/h7-8,10H,2-6,9H2,1H3,(H,19,20). The zero-order valence-electron chi connectivity index (χ0n) is 12.1. The predicted octanol–water partition coefficient (Wildman–Crippen LogP) is 2.63. The highest BCUT2D eigenvalue weighted by atomic mass is 16.5. The molecular formula is C15H19N3O3. The number of carbonyl (C=O) groups is 1. The van der Waals surface area contributed by atoms with Gasteiger partial charge in [0.2, 0.25) is 0 Å². The van der Waals surface area contributed by atoms with Gasteiger partial charge in [0, 0.05) is 13.2 Å². The van der Waals surface area contributed by atoms with E-state index in [1.165, 1.54) is 25.5 Å². The second-order valence-electron chi connectivity index (χ2n) is 5.63. The van der Waals surface area contributed by atoms with Gasteiger partial charge in [-0.1, -0.05) is 19.3 Å². The first-order valence-electron chi connectivity index (χ1n) is 7.33. The van der Waals surface area contributed by atoms with Gasteiger partial charge in [-0.2, -0.15) is 5.10 Å². The molecule has 2 aromatic heterocycles. The van der Waals surface area contributed by atoms with E-state index in [0.717, 1.165) is 12.8 Å². The molecule has 2 heterocycles. The molecule has 112 valence electrons. The molecule has 0 atom stereocenters. The first-order valence-corrected chi connectivity index (χ1v) is 7.33. The summed E-state index contributed by atoms with van der Waals surface area (Å²) in [5.74, 6) is -0.113. The number of aromatic carboxylic acids is 1. The van der Waals surface area contributed by atoms with Crippen LogP contribution in [0.3, 0.4) is 0 Å². The van der Waals surface area contributed by atoms with Crippen LogP contribution in [0.25, 0.3) is 11.0 Å². The fourth-order valence-electron chi connectivity index (χ4n) is 2.94. The van der Waals surface area contributed by atoms with Crippen LogP contribution in [0.2, 0.25) is 0 Å². The van der Waals surface area contributed by atoms with Crippen molar-refractivity contribution in [2.45, 2.75) is 32.1 Å². The van der Waals surface area contributed by atoms with Gasteiger partial charge in [-0.25, -0.2) is 9.78 Å². The zero-order valence-corrected chi connectivity index (χ0v) is 12.1. The molecule has 21 heavy (non-hydrogen) atoms. The number of rotatable bonds is 4. The number of fused-ring (bicyclic) bond motifs is 1. The topological polar surface area (TPSA) is 77.2 Å². The highest BCUT2D eigenvalue weighted by Gasteiger charge is 2.20. The van der Waals surface area contributed by atoms with Crippen molar-refractivity contribution in [3.63, 3.8) is 0 Å². The largest absolute Gasteiger partial charge is 0.491 e. The van der Waals surface area contributed by atoms with Crippen molar-refractivity contribution >= 4 is 17.0 Å². The summed E-state index contributed by atoms with van der Waals surface area (Å²) < 4.78 is 7.51. The molecule has 0 aromatic carbocycles. The molecule has 6 heteroatoms. The first kappa shape index (κ1) is 13.9. The molecule has 1 fully saturated rings. The highest BCUT2D eigenvalue weighted by Crippen LogP contribution is 2.30. The molecular weight excluding hydrogens is 270 g/mol. The Bertz CT molecular complexity index is 659. The number of aryl methyl sites for hydroxylation is 1. The Morgan fingerprint density at radius 2 is 2.14 bits per heavy atom. The van der Waals surface area contributed by atoms with Gasteiger partial charge in [0.1, 0.15) is 11.3 Å². The number of carboxylic acids is 1. The lowest BCUT2D eigenvalue weighted by atomic mass is 9.90. The van der Waals surface area contributed by atoms with Gasteiger partial charge >= 0.3 is 5.97 Å². The van der Waals surface area contributed by atoms with Crippen molar-refractivity contribution in [2.24, 2.45) is 13.0 Å². The molecule has 0 radical (unpaired) electrons. The average molecular weight is 289 g/mol. The zero-order chi connectivity index (χ0) is 14.8. The fraction of sp³-hybridized carbons (Fsp3) is 0.533. The molecule has 6 nitrogen and oxygen atoms in total. The number of aromatic nitrogens is 3. The first-order chi connectivity index (χ1) is 10.2. The molecule has 0 aliphatic heterocycles. The normalized spacial score (nSPS) is 16.2. The van der Waals surface area contributed by atoms with E-state index in [-0.39, 0.29) is 5.56 Å². The van der Waals surface area contributed by atoms with Gasteiger partial charge in [-0.15, -0.1) is 0 Å². The minimum Gasteiger partial charge on any atom is -0.491 e. The minimum atomic E-state index is -1.02. The minimum absolute atomic E-state index is 0.103. The lowest BCUT2D eigenvalue weighted by Gasteiger charge is -2.22. The second kappa shape index (κ2) is 5.71. The highest BCUT2D eigenvalue weighted by molar-refractivity contribution is 5.97. The Labute approximate surface area is 122 Å². The third-order valence-corrected chi connectivity index (χ3v) is 4.13. The van der Waals surface area contributed by atoms with Crippen LogP contribution >= 0.6 is 0 Å². The molecule has 1 N–H and O–H groups in total. The van der Waals surface area contributed by atoms with E-state index < -0.39 is 5.97 Å². The van der Waals surface area contributed by atoms with Crippen molar-refractivity contribution in [3.05, 3.63) is 18.0 Å². The van der Waals surface area contributed by atoms with Crippen LogP contribution in [-0.2, 0) is 7.05 Å². The number of carboxylic acid groups (broad SMARTS) is 1. The fourth-order valence-corrected chi connectivity index (χ4v) is 2.94. The van der Waals surface area contributed by atoms with E-state index >= 15 is 0 Å². The number of hydrogen-bond donors (Lipinski definition) is 1. The number of hydrogen-bond acceptors (Lipinski definition) is 4. The van der Waals surface area contributed by atoms with Crippen LogP contribution in [0.1, 0.15) is 42.5 Å². The van der Waals surface area contributed by atoms with Crippen molar-refractivity contribution in [2.75, 3.05) is 6.61 Å². The summed E-state index contributed by atoms with van der Waals surface area (Å²) in [5, 5.41) is 14.1. The summed E-state index contributed by atoms with van der Waals surface area (Å²) in [4.78, 5) is 15.5. The Hall–Kier alpha value is -2.11. The number of ether oxygens (including phenoxy) is 1. The van der Waals surface area contributed by atoms with Crippen molar-refractivity contribution < 1.29 is 14.6 Å². The summed E-state index contributed by atoms with van der Waals surface area (Å²) in [7, 11) is 1.78. The van der Waals surface area contributed by atoms with Crippen molar-refractivity contribution in [1.29, 1.82) is 0 Å². The Morgan fingerprint density at radius 3 is 2.86 bits per heavy atom. The summed E-state index contributed by atoms with van der Waals surface area (Å²) in [6.07, 6.45) is 9.04. The average Bonchev–Trinajstić information content (AvgIpc) is 2.87. The third kappa shape index (κ3) is 2.70. The Morgan fingerprint density at radius 1 is 1.38 bits per heavy atom. The Balaban J connectivity index is 1.90. The van der Waals surface area contributed by atoms with Crippen LogP contribution in [0.15, 0.2) is 12.4 Å². The summed E-state index contributed by atoms with van der Waals surface area (Å²) in [6.45, 7) is 0.564. The molecule has 0 saturated heterocycles. The van der Waals surface area contributed by atoms with Crippen molar-refractivity contribution in [1.82, 2.24) is 14.8 Å². The lowest BCUT2D eigenvalue weighted by Crippen LogP contribution is -2.16. The van der Waals surface area contributed by atoms with Gasteiger partial charge in [-0.05, 0) is 18.8 Å². The molecule has 0 unspecified atom stereocenters. The monoisotopic (exact) mass is 289 g/mol. The van der Waals surface area contributed by atoms with Crippen LogP contribution in [-0.4, -0.2) is 32.4 Å². The van der Waals surface area contributed by atoms with Crippen LogP contribution < -0.4 is 4.74 Å². The van der Waals surface area contributed by atoms with Crippen LogP contribution in [0, 0.1) is 5.92 Å². The van der Waals surface area contributed by atoms with Crippen LogP contribution in [0.5, 0.6) is 5.75 Å². The molecule has 2 aromatic rings. The summed E-state index contributed by atoms with van der Waals surface area (Å²) in [6, 6.07) is 0. The van der Waals surface area contributed by atoms with E-state index in [4.69, 9.17) is 4.74 Å². The Kier molecular flexibility index (Phi) is 3.77. The van der Waals surface area contributed by atoms with E-state index in [2.05, 4.69) is 10.1 Å². The maximum absolute atomic E-state index is 11.4.